The van der Waals surface area contributed by atoms with Crippen LogP contribution in [0, 0.1) is 0 Å². The van der Waals surface area contributed by atoms with Gasteiger partial charge in [-0.15, -0.1) is 0 Å². The lowest BCUT2D eigenvalue weighted by Crippen LogP contribution is -2.18. The Labute approximate surface area is 103 Å². The number of aromatic nitrogens is 1. The highest BCUT2D eigenvalue weighted by Crippen LogP contribution is 2.14. The van der Waals surface area contributed by atoms with Gasteiger partial charge in [-0.3, -0.25) is 4.98 Å². The lowest BCUT2D eigenvalue weighted by molar-refractivity contribution is 0.172. The Bertz CT molecular complexity index is 301. The van der Waals surface area contributed by atoms with Crippen LogP contribution in [0.4, 0.5) is 0 Å². The Kier molecular flexibility index (Phi) is 6.58. The van der Waals surface area contributed by atoms with E-state index in [-0.39, 0.29) is 6.04 Å². The van der Waals surface area contributed by atoms with Crippen molar-refractivity contribution in [3.8, 4) is 5.75 Å². The van der Waals surface area contributed by atoms with Crippen molar-refractivity contribution in [1.82, 2.24) is 10.3 Å². The van der Waals surface area contributed by atoms with E-state index in [0.717, 1.165) is 31.0 Å². The summed E-state index contributed by atoms with van der Waals surface area (Å²) in [4.78, 5) is 4.38. The molecule has 4 heteroatoms. The summed E-state index contributed by atoms with van der Waals surface area (Å²) in [6, 6.07) is 4.24. The van der Waals surface area contributed by atoms with E-state index >= 15 is 0 Å². The average Bonchev–Trinajstić information content (AvgIpc) is 2.36. The molecule has 0 bridgehead atoms. The monoisotopic (exact) mass is 238 g/mol. The Hall–Kier alpha value is -1.13. The lowest BCUT2D eigenvalue weighted by atomic mass is 10.2. The second-order valence-corrected chi connectivity index (χ2v) is 3.89. The van der Waals surface area contributed by atoms with Crippen molar-refractivity contribution >= 4 is 0 Å². The number of methoxy groups -OCH3 is 1. The Balaban J connectivity index is 2.39. The summed E-state index contributed by atoms with van der Waals surface area (Å²) in [5, 5.41) is 3.32. The van der Waals surface area contributed by atoms with E-state index in [0.29, 0.717) is 6.61 Å². The van der Waals surface area contributed by atoms with Gasteiger partial charge in [-0.25, -0.2) is 0 Å². The van der Waals surface area contributed by atoms with Crippen LogP contribution in [0.5, 0.6) is 5.75 Å². The Morgan fingerprint density at radius 2 is 2.18 bits per heavy atom. The Morgan fingerprint density at radius 1 is 1.35 bits per heavy atom. The predicted molar refractivity (Wildman–Crippen MR) is 68.3 cm³/mol. The fourth-order valence-electron chi connectivity index (χ4n) is 1.54. The van der Waals surface area contributed by atoms with E-state index in [1.54, 1.807) is 13.3 Å². The molecule has 1 rings (SSSR count). The van der Waals surface area contributed by atoms with Crippen molar-refractivity contribution in [2.75, 3.05) is 26.9 Å². The molecular weight excluding hydrogens is 216 g/mol. The zero-order chi connectivity index (χ0) is 12.5. The van der Waals surface area contributed by atoms with Gasteiger partial charge in [0.1, 0.15) is 5.75 Å². The summed E-state index contributed by atoms with van der Waals surface area (Å²) in [7, 11) is 1.69. The second kappa shape index (κ2) is 8.03. The first-order valence-electron chi connectivity index (χ1n) is 6.09. The van der Waals surface area contributed by atoms with E-state index in [1.807, 2.05) is 12.1 Å². The average molecular weight is 238 g/mol. The molecule has 0 fully saturated rings. The first-order chi connectivity index (χ1) is 8.27. The fraction of sp³-hybridized carbons (Fsp3) is 0.615. The van der Waals surface area contributed by atoms with Crippen LogP contribution >= 0.6 is 0 Å². The van der Waals surface area contributed by atoms with E-state index in [1.165, 1.54) is 0 Å². The minimum atomic E-state index is 0.280. The topological polar surface area (TPSA) is 43.4 Å². The highest BCUT2D eigenvalue weighted by atomic mass is 16.5. The predicted octanol–water partition coefficient (Wildman–Crippen LogP) is 2.17. The number of pyridine rings is 1. The molecule has 0 aliphatic carbocycles. The van der Waals surface area contributed by atoms with E-state index in [9.17, 15) is 0 Å². The van der Waals surface area contributed by atoms with Crippen LogP contribution in [-0.2, 0) is 4.74 Å². The van der Waals surface area contributed by atoms with Crippen molar-refractivity contribution < 1.29 is 9.47 Å². The maximum Gasteiger partial charge on any atom is 0.137 e. The van der Waals surface area contributed by atoms with Gasteiger partial charge in [0.2, 0.25) is 0 Å². The molecule has 0 saturated heterocycles. The SMILES string of the molecule is CCNC(C)c1ccc(OCCCOC)cn1. The van der Waals surface area contributed by atoms with E-state index in [4.69, 9.17) is 9.47 Å². The van der Waals surface area contributed by atoms with Gasteiger partial charge >= 0.3 is 0 Å². The first kappa shape index (κ1) is 13.9. The largest absolute Gasteiger partial charge is 0.492 e. The third kappa shape index (κ3) is 5.15. The van der Waals surface area contributed by atoms with Gasteiger partial charge in [-0.05, 0) is 25.6 Å². The summed E-state index contributed by atoms with van der Waals surface area (Å²) in [6.07, 6.45) is 2.67. The first-order valence-corrected chi connectivity index (χ1v) is 6.09. The molecule has 0 aliphatic heterocycles. The molecule has 1 aromatic rings. The molecular formula is C13H22N2O2. The number of nitrogens with zero attached hydrogens (tertiary/aromatic N) is 1. The summed E-state index contributed by atoms with van der Waals surface area (Å²) >= 11 is 0. The maximum atomic E-state index is 5.54. The quantitative estimate of drug-likeness (QED) is 0.705. The molecule has 0 saturated carbocycles. The molecule has 1 atom stereocenters. The van der Waals surface area contributed by atoms with Crippen molar-refractivity contribution in [1.29, 1.82) is 0 Å². The highest BCUT2D eigenvalue weighted by Gasteiger charge is 2.04. The van der Waals surface area contributed by atoms with Gasteiger partial charge in [-0.2, -0.15) is 0 Å². The van der Waals surface area contributed by atoms with Gasteiger partial charge in [0.05, 0.1) is 18.5 Å². The molecule has 0 aromatic carbocycles. The fourth-order valence-corrected chi connectivity index (χ4v) is 1.54. The van der Waals surface area contributed by atoms with Gasteiger partial charge in [-0.1, -0.05) is 6.92 Å². The molecule has 0 amide bonds. The van der Waals surface area contributed by atoms with Crippen molar-refractivity contribution in [2.24, 2.45) is 0 Å². The molecule has 1 unspecified atom stereocenters. The van der Waals surface area contributed by atoms with E-state index in [2.05, 4.69) is 24.1 Å². The molecule has 4 nitrogen and oxygen atoms in total. The lowest BCUT2D eigenvalue weighted by Gasteiger charge is -2.12. The maximum absolute atomic E-state index is 5.54. The van der Waals surface area contributed by atoms with Crippen LogP contribution in [0.2, 0.25) is 0 Å². The molecule has 96 valence electrons. The highest BCUT2D eigenvalue weighted by molar-refractivity contribution is 5.21. The smallest absolute Gasteiger partial charge is 0.137 e. The number of hydrogen-bond acceptors (Lipinski definition) is 4. The van der Waals surface area contributed by atoms with Crippen LogP contribution in [-0.4, -0.2) is 31.9 Å². The zero-order valence-electron chi connectivity index (χ0n) is 10.9. The van der Waals surface area contributed by atoms with Crippen LogP contribution in [0.15, 0.2) is 18.3 Å². The molecule has 1 heterocycles. The summed E-state index contributed by atoms with van der Waals surface area (Å²) < 4.78 is 10.5. The molecule has 1 N–H and O–H groups in total. The summed E-state index contributed by atoms with van der Waals surface area (Å²) in [6.45, 7) is 6.52. The van der Waals surface area contributed by atoms with Crippen LogP contribution < -0.4 is 10.1 Å². The Morgan fingerprint density at radius 3 is 2.76 bits per heavy atom. The minimum Gasteiger partial charge on any atom is -0.492 e. The molecule has 17 heavy (non-hydrogen) atoms. The second-order valence-electron chi connectivity index (χ2n) is 3.89. The minimum absolute atomic E-state index is 0.280. The van der Waals surface area contributed by atoms with Crippen LogP contribution in [0.3, 0.4) is 0 Å². The molecule has 1 aromatic heterocycles. The van der Waals surface area contributed by atoms with Crippen LogP contribution in [0.25, 0.3) is 0 Å². The van der Waals surface area contributed by atoms with Crippen molar-refractivity contribution in [2.45, 2.75) is 26.3 Å². The van der Waals surface area contributed by atoms with Gasteiger partial charge < -0.3 is 14.8 Å². The number of ether oxygens (including phenoxy) is 2. The van der Waals surface area contributed by atoms with E-state index < -0.39 is 0 Å². The van der Waals surface area contributed by atoms with Crippen LogP contribution in [0.1, 0.15) is 32.0 Å². The molecule has 0 radical (unpaired) electrons. The summed E-state index contributed by atoms with van der Waals surface area (Å²) in [5.41, 5.74) is 1.04. The standard InChI is InChI=1S/C13H22N2O2/c1-4-14-11(2)13-7-6-12(10-15-13)17-9-5-8-16-3/h6-7,10-11,14H,4-5,8-9H2,1-3H3. The third-order valence-corrected chi connectivity index (χ3v) is 2.47. The summed E-state index contributed by atoms with van der Waals surface area (Å²) in [5.74, 6) is 0.813. The molecule has 0 spiro atoms. The van der Waals surface area contributed by atoms with Gasteiger partial charge in [0.25, 0.3) is 0 Å². The van der Waals surface area contributed by atoms with Crippen molar-refractivity contribution in [3.05, 3.63) is 24.0 Å². The normalized spacial score (nSPS) is 12.4. The van der Waals surface area contributed by atoms with Crippen molar-refractivity contribution in [3.63, 3.8) is 0 Å². The number of nitrogens with one attached hydrogen (secondary N) is 1. The third-order valence-electron chi connectivity index (χ3n) is 2.47. The zero-order valence-corrected chi connectivity index (χ0v) is 10.9. The van der Waals surface area contributed by atoms with Gasteiger partial charge in [0.15, 0.2) is 0 Å². The number of hydrogen-bond donors (Lipinski definition) is 1. The molecule has 0 aliphatic rings. The number of rotatable bonds is 8. The van der Waals surface area contributed by atoms with Gasteiger partial charge in [0, 0.05) is 26.2 Å².